The van der Waals surface area contributed by atoms with Crippen molar-refractivity contribution in [3.8, 4) is 6.07 Å². The quantitative estimate of drug-likeness (QED) is 0.801. The van der Waals surface area contributed by atoms with Crippen LogP contribution in [0.25, 0.3) is 0 Å². The van der Waals surface area contributed by atoms with E-state index in [4.69, 9.17) is 10.00 Å². The summed E-state index contributed by atoms with van der Waals surface area (Å²) in [5.41, 5.74) is 1.45. The molecule has 0 aliphatic heterocycles. The average molecular weight is 242 g/mol. The highest BCUT2D eigenvalue weighted by Gasteiger charge is 2.04. The molecule has 0 unspecified atom stereocenters. The van der Waals surface area contributed by atoms with Gasteiger partial charge in [-0.2, -0.15) is 5.26 Å². The predicted molar refractivity (Wildman–Crippen MR) is 65.6 cm³/mol. The van der Waals surface area contributed by atoms with Crippen molar-refractivity contribution in [2.75, 3.05) is 6.61 Å². The minimum atomic E-state index is 0.430. The predicted octanol–water partition coefficient (Wildman–Crippen LogP) is 1.73. The number of aromatic nitrogens is 3. The summed E-state index contributed by atoms with van der Waals surface area (Å²) >= 11 is 0. The fourth-order valence-electron chi connectivity index (χ4n) is 1.65. The van der Waals surface area contributed by atoms with Gasteiger partial charge in [0.25, 0.3) is 0 Å². The molecule has 0 aromatic carbocycles. The summed E-state index contributed by atoms with van der Waals surface area (Å²) in [5, 5.41) is 8.81. The first-order valence-corrected chi connectivity index (χ1v) is 5.76. The molecule has 92 valence electrons. The van der Waals surface area contributed by atoms with Crippen molar-refractivity contribution < 1.29 is 4.74 Å². The van der Waals surface area contributed by atoms with Crippen LogP contribution in [-0.4, -0.2) is 21.1 Å². The number of rotatable bonds is 5. The molecule has 0 bridgehead atoms. The molecule has 2 rings (SSSR count). The summed E-state index contributed by atoms with van der Waals surface area (Å²) in [5.74, 6) is 0.882. The van der Waals surface area contributed by atoms with Gasteiger partial charge in [-0.05, 0) is 24.6 Å². The Bertz CT molecular complexity index is 556. The van der Waals surface area contributed by atoms with Crippen LogP contribution in [0.1, 0.15) is 24.0 Å². The monoisotopic (exact) mass is 242 g/mol. The van der Waals surface area contributed by atoms with Gasteiger partial charge in [0.2, 0.25) is 0 Å². The van der Waals surface area contributed by atoms with E-state index in [2.05, 4.69) is 9.97 Å². The normalized spacial score (nSPS) is 10.2. The Morgan fingerprint density at radius 3 is 3.06 bits per heavy atom. The van der Waals surface area contributed by atoms with Gasteiger partial charge in [-0.15, -0.1) is 0 Å². The van der Waals surface area contributed by atoms with Crippen LogP contribution < -0.4 is 0 Å². The van der Waals surface area contributed by atoms with Crippen LogP contribution in [0.4, 0.5) is 0 Å². The largest absolute Gasteiger partial charge is 0.374 e. The average Bonchev–Trinajstić information content (AvgIpc) is 2.84. The number of ether oxygens (including phenoxy) is 1. The molecule has 5 heteroatoms. The summed E-state index contributed by atoms with van der Waals surface area (Å²) in [6.45, 7) is 3.79. The Morgan fingerprint density at radius 2 is 2.28 bits per heavy atom. The zero-order valence-electron chi connectivity index (χ0n) is 10.2. The lowest BCUT2D eigenvalue weighted by Gasteiger charge is -2.08. The standard InChI is InChI=1S/C13H14N4O/c1-2-18-10-13-16-5-6-17(13)9-11-3-4-15-12(7-11)8-14/h3-7H,2,9-10H2,1H3. The third-order valence-corrected chi connectivity index (χ3v) is 2.53. The van der Waals surface area contributed by atoms with Crippen molar-refractivity contribution in [1.82, 2.24) is 14.5 Å². The molecule has 0 aliphatic rings. The van der Waals surface area contributed by atoms with Gasteiger partial charge < -0.3 is 9.30 Å². The van der Waals surface area contributed by atoms with Gasteiger partial charge >= 0.3 is 0 Å². The van der Waals surface area contributed by atoms with Crippen molar-refractivity contribution >= 4 is 0 Å². The van der Waals surface area contributed by atoms with Crippen LogP contribution in [0.5, 0.6) is 0 Å². The molecular weight excluding hydrogens is 228 g/mol. The maximum absolute atomic E-state index is 8.81. The van der Waals surface area contributed by atoms with Crippen LogP contribution in [0.15, 0.2) is 30.7 Å². The van der Waals surface area contributed by atoms with Crippen LogP contribution in [-0.2, 0) is 17.9 Å². The Balaban J connectivity index is 2.13. The highest BCUT2D eigenvalue weighted by Crippen LogP contribution is 2.07. The molecule has 0 amide bonds. The van der Waals surface area contributed by atoms with Gasteiger partial charge in [0, 0.05) is 31.7 Å². The first-order chi connectivity index (χ1) is 8.83. The fourth-order valence-corrected chi connectivity index (χ4v) is 1.65. The van der Waals surface area contributed by atoms with Gasteiger partial charge in [0.1, 0.15) is 24.2 Å². The second-order valence-electron chi connectivity index (χ2n) is 3.77. The van der Waals surface area contributed by atoms with E-state index >= 15 is 0 Å². The second-order valence-corrected chi connectivity index (χ2v) is 3.77. The number of hydrogen-bond donors (Lipinski definition) is 0. The van der Waals surface area contributed by atoms with E-state index < -0.39 is 0 Å². The lowest BCUT2D eigenvalue weighted by atomic mass is 10.2. The third kappa shape index (κ3) is 2.93. The van der Waals surface area contributed by atoms with E-state index in [1.165, 1.54) is 0 Å². The Kier molecular flexibility index (Phi) is 4.05. The maximum Gasteiger partial charge on any atom is 0.140 e. The summed E-state index contributed by atoms with van der Waals surface area (Å²) in [6, 6.07) is 5.71. The lowest BCUT2D eigenvalue weighted by molar-refractivity contribution is 0.126. The first-order valence-electron chi connectivity index (χ1n) is 5.76. The van der Waals surface area contributed by atoms with E-state index in [1.807, 2.05) is 29.8 Å². The topological polar surface area (TPSA) is 63.7 Å². The number of pyridine rings is 1. The van der Waals surface area contributed by atoms with Gasteiger partial charge in [-0.25, -0.2) is 9.97 Å². The van der Waals surface area contributed by atoms with E-state index in [0.29, 0.717) is 25.5 Å². The van der Waals surface area contributed by atoms with E-state index in [1.54, 1.807) is 18.5 Å². The minimum absolute atomic E-state index is 0.430. The molecule has 2 aromatic rings. The smallest absolute Gasteiger partial charge is 0.140 e. The summed E-state index contributed by atoms with van der Waals surface area (Å²) in [4.78, 5) is 8.20. The molecule has 2 heterocycles. The Morgan fingerprint density at radius 1 is 1.39 bits per heavy atom. The molecule has 18 heavy (non-hydrogen) atoms. The molecule has 0 saturated heterocycles. The molecular formula is C13H14N4O. The zero-order chi connectivity index (χ0) is 12.8. The van der Waals surface area contributed by atoms with Crippen LogP contribution in [0.2, 0.25) is 0 Å². The van der Waals surface area contributed by atoms with Crippen LogP contribution >= 0.6 is 0 Å². The molecule has 2 aromatic heterocycles. The highest BCUT2D eigenvalue weighted by molar-refractivity contribution is 5.25. The molecule has 0 saturated carbocycles. The van der Waals surface area contributed by atoms with Crippen LogP contribution in [0.3, 0.4) is 0 Å². The van der Waals surface area contributed by atoms with Crippen molar-refractivity contribution in [3.63, 3.8) is 0 Å². The SMILES string of the molecule is CCOCc1nccn1Cc1ccnc(C#N)c1. The molecule has 5 nitrogen and oxygen atoms in total. The van der Waals surface area contributed by atoms with Gasteiger partial charge in [0.05, 0.1) is 0 Å². The summed E-state index contributed by atoms with van der Waals surface area (Å²) < 4.78 is 7.36. The minimum Gasteiger partial charge on any atom is -0.374 e. The number of nitrogens with zero attached hydrogens (tertiary/aromatic N) is 4. The van der Waals surface area contributed by atoms with Gasteiger partial charge in [0.15, 0.2) is 0 Å². The molecule has 0 atom stereocenters. The lowest BCUT2D eigenvalue weighted by Crippen LogP contribution is -2.06. The van der Waals surface area contributed by atoms with E-state index in [0.717, 1.165) is 11.4 Å². The van der Waals surface area contributed by atoms with Crippen molar-refractivity contribution in [2.24, 2.45) is 0 Å². The summed E-state index contributed by atoms with van der Waals surface area (Å²) in [7, 11) is 0. The van der Waals surface area contributed by atoms with E-state index in [9.17, 15) is 0 Å². The molecule has 0 N–H and O–H groups in total. The number of hydrogen-bond acceptors (Lipinski definition) is 4. The highest BCUT2D eigenvalue weighted by atomic mass is 16.5. The summed E-state index contributed by atoms with van der Waals surface area (Å²) in [6.07, 6.45) is 5.30. The zero-order valence-corrected chi connectivity index (χ0v) is 10.2. The molecule has 0 aliphatic carbocycles. The molecule has 0 fully saturated rings. The Labute approximate surface area is 106 Å². The van der Waals surface area contributed by atoms with Crippen molar-refractivity contribution in [3.05, 3.63) is 47.8 Å². The fraction of sp³-hybridized carbons (Fsp3) is 0.308. The second kappa shape index (κ2) is 5.94. The van der Waals surface area contributed by atoms with Crippen molar-refractivity contribution in [2.45, 2.75) is 20.1 Å². The molecule has 0 radical (unpaired) electrons. The van der Waals surface area contributed by atoms with Crippen LogP contribution in [0, 0.1) is 11.3 Å². The van der Waals surface area contributed by atoms with Gasteiger partial charge in [-0.1, -0.05) is 0 Å². The first kappa shape index (κ1) is 12.3. The van der Waals surface area contributed by atoms with Crippen molar-refractivity contribution in [1.29, 1.82) is 5.26 Å². The maximum atomic E-state index is 8.81. The van der Waals surface area contributed by atoms with E-state index in [-0.39, 0.29) is 0 Å². The number of imidazole rings is 1. The molecule has 0 spiro atoms. The number of nitriles is 1. The Hall–Kier alpha value is -2.19. The van der Waals surface area contributed by atoms with Gasteiger partial charge in [-0.3, -0.25) is 0 Å². The third-order valence-electron chi connectivity index (χ3n) is 2.53.